The molecule has 0 aromatic carbocycles. The normalized spacial score (nSPS) is 31.7. The van der Waals surface area contributed by atoms with Crippen LogP contribution in [0.15, 0.2) is 22.8 Å². The Balaban J connectivity index is 2.76. The number of allylic oxidation sites excluding steroid dienone is 3. The second-order valence-electron chi connectivity index (χ2n) is 5.76. The maximum absolute atomic E-state index is 14.8. The van der Waals surface area contributed by atoms with Crippen LogP contribution in [0.5, 0.6) is 0 Å². The minimum Gasteiger partial charge on any atom is -0.369 e. The number of amides is 1. The summed E-state index contributed by atoms with van der Waals surface area (Å²) in [6.07, 6.45) is 0.219. The van der Waals surface area contributed by atoms with Gasteiger partial charge in [0.15, 0.2) is 17.4 Å². The Labute approximate surface area is 130 Å². The van der Waals surface area contributed by atoms with Crippen LogP contribution in [0.4, 0.5) is 17.6 Å². The Morgan fingerprint density at radius 2 is 2.04 bits per heavy atom. The molecule has 1 fully saturated rings. The van der Waals surface area contributed by atoms with Gasteiger partial charge >= 0.3 is 0 Å². The molecule has 0 aromatic heterocycles. The van der Waals surface area contributed by atoms with Gasteiger partial charge in [-0.05, 0) is 24.5 Å². The molecule has 3 N–H and O–H groups in total. The fraction of sp³-hybridized carbons (Fsp3) is 0.600. The van der Waals surface area contributed by atoms with Gasteiger partial charge in [0.25, 0.3) is 0 Å². The summed E-state index contributed by atoms with van der Waals surface area (Å²) in [6.45, 7) is 0.223. The number of hydrogen-bond acceptors (Lipinski definition) is 3. The van der Waals surface area contributed by atoms with Gasteiger partial charge in [-0.2, -0.15) is 0 Å². The van der Waals surface area contributed by atoms with Crippen molar-refractivity contribution in [2.45, 2.75) is 25.4 Å². The molecule has 2 aliphatic rings. The van der Waals surface area contributed by atoms with Crippen LogP contribution in [-0.4, -0.2) is 37.1 Å². The van der Waals surface area contributed by atoms with E-state index in [4.69, 9.17) is 5.73 Å². The zero-order chi connectivity index (χ0) is 17.4. The minimum atomic E-state index is -3.51. The lowest BCUT2D eigenvalue weighted by atomic mass is 9.70. The predicted molar refractivity (Wildman–Crippen MR) is 75.0 cm³/mol. The lowest BCUT2D eigenvalue weighted by Crippen LogP contribution is -2.50. The van der Waals surface area contributed by atoms with Gasteiger partial charge in [0.1, 0.15) is 12.6 Å². The third kappa shape index (κ3) is 2.69. The molecule has 23 heavy (non-hydrogen) atoms. The first kappa shape index (κ1) is 17.7. The van der Waals surface area contributed by atoms with Gasteiger partial charge in [-0.1, -0.05) is 6.92 Å². The van der Waals surface area contributed by atoms with Crippen molar-refractivity contribution >= 4 is 11.7 Å². The minimum absolute atomic E-state index is 0.167. The number of hydrogen-bond donors (Lipinski definition) is 2. The van der Waals surface area contributed by atoms with Gasteiger partial charge in [0.05, 0.1) is 5.57 Å². The molecule has 0 aromatic rings. The number of nitrogens with two attached hydrogens (primary N) is 1. The Bertz CT molecular complexity index is 596. The van der Waals surface area contributed by atoms with Crippen LogP contribution in [0.2, 0.25) is 0 Å². The van der Waals surface area contributed by atoms with Crippen molar-refractivity contribution in [2.75, 3.05) is 19.8 Å². The number of rotatable bonds is 5. The number of carbonyl (C=O) groups is 2. The van der Waals surface area contributed by atoms with E-state index in [1.165, 1.54) is 6.92 Å². The zero-order valence-electron chi connectivity index (χ0n) is 12.6. The molecular weight excluding hydrogens is 316 g/mol. The Morgan fingerprint density at radius 1 is 1.39 bits per heavy atom. The summed E-state index contributed by atoms with van der Waals surface area (Å²) in [5.74, 6) is -8.52. The van der Waals surface area contributed by atoms with Crippen LogP contribution >= 0.6 is 0 Å². The van der Waals surface area contributed by atoms with E-state index in [1.54, 1.807) is 0 Å². The van der Waals surface area contributed by atoms with E-state index in [-0.39, 0.29) is 18.5 Å². The van der Waals surface area contributed by atoms with Crippen LogP contribution in [0.3, 0.4) is 0 Å². The molecule has 1 heterocycles. The lowest BCUT2D eigenvalue weighted by molar-refractivity contribution is -0.125. The summed E-state index contributed by atoms with van der Waals surface area (Å²) in [5, 5.41) is 2.93. The number of Topliss-reactive ketones (excluding diaryl/α,β-unsaturated/α-hetero) is 1. The van der Waals surface area contributed by atoms with E-state index < -0.39 is 53.1 Å². The summed E-state index contributed by atoms with van der Waals surface area (Å²) < 4.78 is 56.5. The van der Waals surface area contributed by atoms with Crippen molar-refractivity contribution in [2.24, 2.45) is 17.6 Å². The van der Waals surface area contributed by atoms with Crippen LogP contribution < -0.4 is 11.1 Å². The van der Waals surface area contributed by atoms with Crippen molar-refractivity contribution in [3.05, 3.63) is 22.8 Å². The standard InChI is InChI=1S/C15H18F4N2O2/c1-2-8(22)10-9(7-3-4-21-5-7)11(14(20)23)15(19,6-16)13(18)12(10)17/h7,11,21H,2-6H2,1H3,(H2,20,23). The van der Waals surface area contributed by atoms with Gasteiger partial charge in [-0.15, -0.1) is 0 Å². The summed E-state index contributed by atoms with van der Waals surface area (Å²) in [6, 6.07) is 0. The van der Waals surface area contributed by atoms with Crippen molar-refractivity contribution in [3.8, 4) is 0 Å². The fourth-order valence-electron chi connectivity index (χ4n) is 3.27. The molecule has 1 amide bonds. The number of nitrogens with one attached hydrogen (secondary N) is 1. The Hall–Kier alpha value is -1.70. The average molecular weight is 334 g/mol. The molecule has 128 valence electrons. The third-order valence-corrected chi connectivity index (χ3v) is 4.41. The highest BCUT2D eigenvalue weighted by Gasteiger charge is 2.56. The predicted octanol–water partition coefficient (Wildman–Crippen LogP) is 1.82. The molecule has 1 saturated heterocycles. The summed E-state index contributed by atoms with van der Waals surface area (Å²) in [5.41, 5.74) is 0.765. The number of alkyl halides is 2. The van der Waals surface area contributed by atoms with Crippen LogP contribution in [0.25, 0.3) is 0 Å². The highest BCUT2D eigenvalue weighted by molar-refractivity contribution is 6.02. The first-order chi connectivity index (χ1) is 10.8. The van der Waals surface area contributed by atoms with Gasteiger partial charge in [0.2, 0.25) is 11.6 Å². The molecule has 0 saturated carbocycles. The highest BCUT2D eigenvalue weighted by atomic mass is 19.2. The van der Waals surface area contributed by atoms with Crippen LogP contribution in [-0.2, 0) is 9.59 Å². The quantitative estimate of drug-likeness (QED) is 0.753. The van der Waals surface area contributed by atoms with Crippen molar-refractivity contribution in [3.63, 3.8) is 0 Å². The first-order valence-corrected chi connectivity index (χ1v) is 7.37. The Morgan fingerprint density at radius 3 is 2.48 bits per heavy atom. The molecule has 1 aliphatic carbocycles. The largest absolute Gasteiger partial charge is 0.369 e. The molecule has 8 heteroatoms. The molecule has 3 atom stereocenters. The average Bonchev–Trinajstić information content (AvgIpc) is 3.05. The molecule has 4 nitrogen and oxygen atoms in total. The van der Waals surface area contributed by atoms with Crippen molar-refractivity contribution < 1.29 is 27.2 Å². The Kier molecular flexibility index (Phi) is 4.93. The van der Waals surface area contributed by atoms with E-state index in [0.717, 1.165) is 0 Å². The zero-order valence-corrected chi connectivity index (χ0v) is 12.6. The second kappa shape index (κ2) is 6.43. The summed E-state index contributed by atoms with van der Waals surface area (Å²) >= 11 is 0. The maximum Gasteiger partial charge on any atom is 0.228 e. The number of carbonyl (C=O) groups excluding carboxylic acids is 2. The maximum atomic E-state index is 14.8. The van der Waals surface area contributed by atoms with Gasteiger partial charge in [-0.3, -0.25) is 9.59 Å². The smallest absolute Gasteiger partial charge is 0.228 e. The molecule has 3 unspecified atom stereocenters. The van der Waals surface area contributed by atoms with Gasteiger partial charge in [-0.25, -0.2) is 17.6 Å². The topological polar surface area (TPSA) is 72.2 Å². The van der Waals surface area contributed by atoms with E-state index in [0.29, 0.717) is 13.0 Å². The molecular formula is C15H18F4N2O2. The van der Waals surface area contributed by atoms with Crippen LogP contribution in [0.1, 0.15) is 19.8 Å². The SMILES string of the molecule is CCC(=O)C1=C(C2CCNC2)C(C(N)=O)C(F)(CF)C(F)=C1F. The molecule has 2 rings (SSSR count). The van der Waals surface area contributed by atoms with Crippen molar-refractivity contribution in [1.82, 2.24) is 5.32 Å². The monoisotopic (exact) mass is 334 g/mol. The molecule has 0 spiro atoms. The highest BCUT2D eigenvalue weighted by Crippen LogP contribution is 2.49. The number of halogens is 4. The number of ketones is 1. The summed E-state index contributed by atoms with van der Waals surface area (Å²) in [4.78, 5) is 23.8. The van der Waals surface area contributed by atoms with E-state index in [9.17, 15) is 27.2 Å². The molecule has 0 radical (unpaired) electrons. The third-order valence-electron chi connectivity index (χ3n) is 4.41. The molecule has 1 aliphatic heterocycles. The van der Waals surface area contributed by atoms with E-state index in [1.807, 2.05) is 0 Å². The van der Waals surface area contributed by atoms with E-state index >= 15 is 0 Å². The van der Waals surface area contributed by atoms with Gasteiger partial charge < -0.3 is 11.1 Å². The van der Waals surface area contributed by atoms with Crippen LogP contribution in [0, 0.1) is 11.8 Å². The number of primary amides is 1. The first-order valence-electron chi connectivity index (χ1n) is 7.37. The second-order valence-corrected chi connectivity index (χ2v) is 5.76. The molecule has 0 bridgehead atoms. The lowest BCUT2D eigenvalue weighted by Gasteiger charge is -2.37. The van der Waals surface area contributed by atoms with Gasteiger partial charge in [0, 0.05) is 13.0 Å². The summed E-state index contributed by atoms with van der Waals surface area (Å²) in [7, 11) is 0. The van der Waals surface area contributed by atoms with E-state index in [2.05, 4.69) is 5.32 Å². The van der Waals surface area contributed by atoms with Crippen molar-refractivity contribution in [1.29, 1.82) is 0 Å². The fourth-order valence-corrected chi connectivity index (χ4v) is 3.27.